The summed E-state index contributed by atoms with van der Waals surface area (Å²) in [4.78, 5) is 26.0. The fourth-order valence-corrected chi connectivity index (χ4v) is 6.00. The van der Waals surface area contributed by atoms with Crippen LogP contribution in [0.2, 0.25) is 0 Å². The quantitative estimate of drug-likeness (QED) is 0.728. The molecule has 30 heavy (non-hydrogen) atoms. The molecule has 0 spiro atoms. The third-order valence-corrected chi connectivity index (χ3v) is 8.32. The van der Waals surface area contributed by atoms with Crippen molar-refractivity contribution in [2.24, 2.45) is 5.92 Å². The molecule has 0 aliphatic carbocycles. The van der Waals surface area contributed by atoms with Gasteiger partial charge in [0.05, 0.1) is 12.7 Å². The van der Waals surface area contributed by atoms with Crippen molar-refractivity contribution in [3.05, 3.63) is 41.3 Å². The van der Waals surface area contributed by atoms with Crippen LogP contribution in [0.15, 0.2) is 39.9 Å². The van der Waals surface area contributed by atoms with Gasteiger partial charge in [-0.15, -0.1) is 11.3 Å². The standard InChI is InChI=1S/C20H25N3O5S2/c1-22(2)20(25)15-12-18(29-13-15)30(26,27)23-10-8-14(9-11-23)19(24)21-16-4-6-17(28-3)7-5-16/h4-7,12-14H,8-11H2,1-3H3,(H,21,24). The zero-order chi connectivity index (χ0) is 21.9. The van der Waals surface area contributed by atoms with Crippen LogP contribution in [-0.2, 0) is 14.8 Å². The second-order valence-electron chi connectivity index (χ2n) is 7.25. The van der Waals surface area contributed by atoms with Crippen LogP contribution in [0.25, 0.3) is 0 Å². The number of benzene rings is 1. The van der Waals surface area contributed by atoms with E-state index in [0.717, 1.165) is 11.3 Å². The van der Waals surface area contributed by atoms with E-state index in [-0.39, 0.29) is 35.0 Å². The molecule has 2 aromatic rings. The van der Waals surface area contributed by atoms with Gasteiger partial charge in [-0.2, -0.15) is 4.31 Å². The molecule has 1 N–H and O–H groups in total. The van der Waals surface area contributed by atoms with E-state index in [2.05, 4.69) is 5.32 Å². The molecule has 1 aromatic carbocycles. The molecule has 2 amide bonds. The molecule has 1 aromatic heterocycles. The number of anilines is 1. The van der Waals surface area contributed by atoms with Crippen LogP contribution in [0.5, 0.6) is 5.75 Å². The lowest BCUT2D eigenvalue weighted by molar-refractivity contribution is -0.120. The van der Waals surface area contributed by atoms with Gasteiger partial charge in [0.2, 0.25) is 5.91 Å². The second kappa shape index (κ2) is 9.15. The maximum Gasteiger partial charge on any atom is 0.254 e. The van der Waals surface area contributed by atoms with Crippen molar-refractivity contribution in [2.75, 3.05) is 39.6 Å². The lowest BCUT2D eigenvalue weighted by Gasteiger charge is -2.30. The van der Waals surface area contributed by atoms with E-state index in [1.165, 1.54) is 15.3 Å². The zero-order valence-electron chi connectivity index (χ0n) is 17.1. The summed E-state index contributed by atoms with van der Waals surface area (Å²) in [6.45, 7) is 0.524. The van der Waals surface area contributed by atoms with E-state index in [1.807, 2.05) is 0 Å². The minimum absolute atomic E-state index is 0.118. The molecule has 10 heteroatoms. The number of carbonyl (C=O) groups excluding carboxylic acids is 2. The molecule has 1 aliphatic rings. The summed E-state index contributed by atoms with van der Waals surface area (Å²) in [6, 6.07) is 8.48. The van der Waals surface area contributed by atoms with Gasteiger partial charge >= 0.3 is 0 Å². The molecule has 3 rings (SSSR count). The minimum atomic E-state index is -3.68. The van der Waals surface area contributed by atoms with Crippen molar-refractivity contribution >= 4 is 38.9 Å². The summed E-state index contributed by atoms with van der Waals surface area (Å²) >= 11 is 1.04. The van der Waals surface area contributed by atoms with Crippen LogP contribution < -0.4 is 10.1 Å². The predicted octanol–water partition coefficient (Wildman–Crippen LogP) is 2.50. The first kappa shape index (κ1) is 22.3. The monoisotopic (exact) mass is 451 g/mol. The SMILES string of the molecule is COc1ccc(NC(=O)C2CCN(S(=O)(=O)c3cc(C(=O)N(C)C)cs3)CC2)cc1. The lowest BCUT2D eigenvalue weighted by atomic mass is 9.97. The Morgan fingerprint density at radius 1 is 1.17 bits per heavy atom. The number of rotatable bonds is 6. The number of thiophene rings is 1. The van der Waals surface area contributed by atoms with E-state index < -0.39 is 10.0 Å². The van der Waals surface area contributed by atoms with Crippen LogP contribution >= 0.6 is 11.3 Å². The van der Waals surface area contributed by atoms with Crippen LogP contribution in [0, 0.1) is 5.92 Å². The highest BCUT2D eigenvalue weighted by Gasteiger charge is 2.33. The van der Waals surface area contributed by atoms with Gasteiger partial charge in [0.1, 0.15) is 9.96 Å². The Labute approximate surface area is 180 Å². The summed E-state index contributed by atoms with van der Waals surface area (Å²) in [7, 11) is 1.14. The molecular weight excluding hydrogens is 426 g/mol. The predicted molar refractivity (Wildman–Crippen MR) is 115 cm³/mol. The molecule has 2 heterocycles. The maximum atomic E-state index is 12.9. The van der Waals surface area contributed by atoms with Gasteiger partial charge in [-0.25, -0.2) is 8.42 Å². The van der Waals surface area contributed by atoms with Gasteiger partial charge < -0.3 is 15.0 Å². The van der Waals surface area contributed by atoms with Crippen LogP contribution in [0.1, 0.15) is 23.2 Å². The van der Waals surface area contributed by atoms with Crippen molar-refractivity contribution in [3.63, 3.8) is 0 Å². The largest absolute Gasteiger partial charge is 0.497 e. The normalized spacial score (nSPS) is 15.6. The van der Waals surface area contributed by atoms with Crippen LogP contribution in [0.4, 0.5) is 5.69 Å². The third-order valence-electron chi connectivity index (χ3n) is 5.00. The van der Waals surface area contributed by atoms with E-state index in [1.54, 1.807) is 50.9 Å². The maximum absolute atomic E-state index is 12.9. The number of hydrogen-bond acceptors (Lipinski definition) is 6. The number of piperidine rings is 1. The summed E-state index contributed by atoms with van der Waals surface area (Å²) in [5.41, 5.74) is 1.03. The Kier molecular flexibility index (Phi) is 6.79. The Balaban J connectivity index is 1.60. The number of methoxy groups -OCH3 is 1. The summed E-state index contributed by atoms with van der Waals surface area (Å²) in [5, 5.41) is 4.43. The van der Waals surface area contributed by atoms with Crippen molar-refractivity contribution in [1.82, 2.24) is 9.21 Å². The molecule has 1 aliphatic heterocycles. The molecule has 0 radical (unpaired) electrons. The lowest BCUT2D eigenvalue weighted by Crippen LogP contribution is -2.41. The van der Waals surface area contributed by atoms with Crippen molar-refractivity contribution in [1.29, 1.82) is 0 Å². The van der Waals surface area contributed by atoms with Gasteiger partial charge in [0.15, 0.2) is 0 Å². The molecule has 162 valence electrons. The Bertz CT molecular complexity index is 1010. The fraction of sp³-hybridized carbons (Fsp3) is 0.400. The molecule has 0 unspecified atom stereocenters. The van der Waals surface area contributed by atoms with Crippen molar-refractivity contribution in [3.8, 4) is 5.75 Å². The number of nitrogens with zero attached hydrogens (tertiary/aromatic N) is 2. The highest BCUT2D eigenvalue weighted by molar-refractivity contribution is 7.91. The topological polar surface area (TPSA) is 96.0 Å². The molecule has 0 saturated carbocycles. The summed E-state index contributed by atoms with van der Waals surface area (Å²) in [5.74, 6) is 0.0945. The average molecular weight is 452 g/mol. The van der Waals surface area contributed by atoms with Crippen molar-refractivity contribution < 1.29 is 22.7 Å². The number of carbonyl (C=O) groups is 2. The Morgan fingerprint density at radius 3 is 2.37 bits per heavy atom. The second-order valence-corrected chi connectivity index (χ2v) is 10.3. The van der Waals surface area contributed by atoms with E-state index in [0.29, 0.717) is 29.8 Å². The molecule has 8 nitrogen and oxygen atoms in total. The molecule has 1 fully saturated rings. The van der Waals surface area contributed by atoms with Crippen LogP contribution in [0.3, 0.4) is 0 Å². The minimum Gasteiger partial charge on any atom is -0.497 e. The van der Waals surface area contributed by atoms with Gasteiger partial charge in [0, 0.05) is 44.2 Å². The fourth-order valence-electron chi connectivity index (χ4n) is 3.23. The molecule has 0 atom stereocenters. The first-order valence-electron chi connectivity index (χ1n) is 9.47. The van der Waals surface area contributed by atoms with Gasteiger partial charge in [0.25, 0.3) is 15.9 Å². The zero-order valence-corrected chi connectivity index (χ0v) is 18.8. The third kappa shape index (κ3) is 4.82. The van der Waals surface area contributed by atoms with Gasteiger partial charge in [-0.05, 0) is 43.2 Å². The first-order valence-corrected chi connectivity index (χ1v) is 11.8. The Hall–Kier alpha value is -2.43. The summed E-state index contributed by atoms with van der Waals surface area (Å²) in [6.07, 6.45) is 0.881. The average Bonchev–Trinajstić information content (AvgIpc) is 3.25. The first-order chi connectivity index (χ1) is 14.2. The number of ether oxygens (including phenoxy) is 1. The molecule has 0 bridgehead atoms. The molecule has 1 saturated heterocycles. The summed E-state index contributed by atoms with van der Waals surface area (Å²) < 4.78 is 32.5. The van der Waals surface area contributed by atoms with E-state index in [9.17, 15) is 18.0 Å². The number of hydrogen-bond donors (Lipinski definition) is 1. The van der Waals surface area contributed by atoms with Gasteiger partial charge in [-0.1, -0.05) is 0 Å². The van der Waals surface area contributed by atoms with Gasteiger partial charge in [-0.3, -0.25) is 9.59 Å². The highest BCUT2D eigenvalue weighted by Crippen LogP contribution is 2.29. The molecular formula is C20H25N3O5S2. The van der Waals surface area contributed by atoms with E-state index >= 15 is 0 Å². The highest BCUT2D eigenvalue weighted by atomic mass is 32.2. The van der Waals surface area contributed by atoms with Crippen molar-refractivity contribution in [2.45, 2.75) is 17.1 Å². The Morgan fingerprint density at radius 2 is 1.80 bits per heavy atom. The van der Waals surface area contributed by atoms with E-state index in [4.69, 9.17) is 4.74 Å². The smallest absolute Gasteiger partial charge is 0.254 e. The number of amides is 2. The van der Waals surface area contributed by atoms with Crippen LogP contribution in [-0.4, -0.2) is 63.7 Å². The number of sulfonamides is 1. The number of nitrogens with one attached hydrogen (secondary N) is 1.